The van der Waals surface area contributed by atoms with Crippen molar-refractivity contribution in [2.75, 3.05) is 11.9 Å². The van der Waals surface area contributed by atoms with Gasteiger partial charge in [0.25, 0.3) is 0 Å². The van der Waals surface area contributed by atoms with Crippen LogP contribution in [0.3, 0.4) is 0 Å². The zero-order valence-corrected chi connectivity index (χ0v) is 12.2. The topological polar surface area (TPSA) is 29.3 Å². The Morgan fingerprint density at radius 1 is 1.20 bits per heavy atom. The largest absolute Gasteiger partial charge is 0.370 e. The van der Waals surface area contributed by atoms with Crippen LogP contribution in [0.15, 0.2) is 42.5 Å². The Hall–Kier alpha value is -1.87. The minimum atomic E-state index is -0.200. The lowest BCUT2D eigenvalue weighted by molar-refractivity contribution is 0.612. The monoisotopic (exact) mass is 272 g/mol. The lowest BCUT2D eigenvalue weighted by Crippen LogP contribution is -2.20. The van der Waals surface area contributed by atoms with Crippen LogP contribution < -0.4 is 10.6 Å². The van der Waals surface area contributed by atoms with E-state index >= 15 is 0 Å². The summed E-state index contributed by atoms with van der Waals surface area (Å²) in [4.78, 5) is 2.11. The third kappa shape index (κ3) is 3.17. The van der Waals surface area contributed by atoms with E-state index in [1.807, 2.05) is 38.2 Å². The molecule has 0 heterocycles. The Bertz CT molecular complexity index is 579. The van der Waals surface area contributed by atoms with Crippen molar-refractivity contribution >= 4 is 5.69 Å². The normalized spacial score (nSPS) is 12.2. The smallest absolute Gasteiger partial charge is 0.126 e. The van der Waals surface area contributed by atoms with Crippen LogP contribution in [0.2, 0.25) is 0 Å². The highest BCUT2D eigenvalue weighted by Gasteiger charge is 2.14. The van der Waals surface area contributed by atoms with Gasteiger partial charge in [-0.05, 0) is 42.7 Å². The Balaban J connectivity index is 2.33. The predicted molar refractivity (Wildman–Crippen MR) is 82.3 cm³/mol. The zero-order chi connectivity index (χ0) is 14.7. The number of hydrogen-bond donors (Lipinski definition) is 1. The average molecular weight is 272 g/mol. The fraction of sp³-hybridized carbons (Fsp3) is 0.294. The fourth-order valence-electron chi connectivity index (χ4n) is 2.32. The van der Waals surface area contributed by atoms with E-state index in [9.17, 15) is 4.39 Å². The van der Waals surface area contributed by atoms with Crippen LogP contribution in [0.1, 0.15) is 29.7 Å². The van der Waals surface area contributed by atoms with Crippen LogP contribution in [0.5, 0.6) is 0 Å². The van der Waals surface area contributed by atoms with Gasteiger partial charge in [0.05, 0.1) is 0 Å². The number of nitrogens with two attached hydrogens (primary N) is 1. The van der Waals surface area contributed by atoms with E-state index in [-0.39, 0.29) is 11.9 Å². The lowest BCUT2D eigenvalue weighted by Gasteiger charge is -2.25. The van der Waals surface area contributed by atoms with Crippen LogP contribution in [-0.2, 0) is 6.54 Å². The Labute approximate surface area is 120 Å². The summed E-state index contributed by atoms with van der Waals surface area (Å²) in [6.45, 7) is 4.43. The molecule has 0 spiro atoms. The molecule has 0 saturated carbocycles. The number of hydrogen-bond acceptors (Lipinski definition) is 2. The highest BCUT2D eigenvalue weighted by atomic mass is 19.1. The number of halogens is 1. The maximum Gasteiger partial charge on any atom is 0.126 e. The second-order valence-corrected chi connectivity index (χ2v) is 5.29. The highest BCUT2D eigenvalue weighted by molar-refractivity contribution is 5.56. The van der Waals surface area contributed by atoms with E-state index in [0.29, 0.717) is 5.56 Å². The van der Waals surface area contributed by atoms with Gasteiger partial charge in [0, 0.05) is 25.3 Å². The number of rotatable bonds is 4. The van der Waals surface area contributed by atoms with Crippen LogP contribution >= 0.6 is 0 Å². The summed E-state index contributed by atoms with van der Waals surface area (Å²) in [5.41, 5.74) is 9.66. The lowest BCUT2D eigenvalue weighted by atomic mass is 10.0. The molecular formula is C17H21FN2. The molecule has 20 heavy (non-hydrogen) atoms. The second kappa shape index (κ2) is 6.06. The first kappa shape index (κ1) is 14.5. The number of anilines is 1. The Morgan fingerprint density at radius 3 is 2.45 bits per heavy atom. The minimum absolute atomic E-state index is 0.196. The molecule has 0 amide bonds. The highest BCUT2D eigenvalue weighted by Crippen LogP contribution is 2.28. The fourth-order valence-corrected chi connectivity index (χ4v) is 2.32. The standard InChI is InChI=1S/C17H21FN2/c1-12-9-17(15(13(2)19)10-16(12)18)20(3)11-14-7-5-4-6-8-14/h4-10,13H,11,19H2,1-3H3/t13-/m1/s1. The predicted octanol–water partition coefficient (Wildman–Crippen LogP) is 3.79. The van der Waals surface area contributed by atoms with Crippen molar-refractivity contribution in [1.29, 1.82) is 0 Å². The molecule has 0 aromatic heterocycles. The van der Waals surface area contributed by atoms with Crippen LogP contribution in [0, 0.1) is 12.7 Å². The molecule has 106 valence electrons. The summed E-state index contributed by atoms with van der Waals surface area (Å²) in [6, 6.07) is 13.4. The number of aryl methyl sites for hydroxylation is 1. The Morgan fingerprint density at radius 2 is 1.85 bits per heavy atom. The van der Waals surface area contributed by atoms with Crippen molar-refractivity contribution in [2.24, 2.45) is 5.73 Å². The molecule has 0 unspecified atom stereocenters. The van der Waals surface area contributed by atoms with Gasteiger partial charge in [-0.25, -0.2) is 4.39 Å². The maximum atomic E-state index is 13.7. The van der Waals surface area contributed by atoms with E-state index in [0.717, 1.165) is 17.8 Å². The number of benzene rings is 2. The van der Waals surface area contributed by atoms with Gasteiger partial charge >= 0.3 is 0 Å². The molecule has 2 aromatic rings. The first-order valence-electron chi connectivity index (χ1n) is 6.79. The molecule has 1 atom stereocenters. The summed E-state index contributed by atoms with van der Waals surface area (Å²) < 4.78 is 13.7. The molecule has 0 fully saturated rings. The van der Waals surface area contributed by atoms with E-state index in [2.05, 4.69) is 17.0 Å². The molecule has 2 aromatic carbocycles. The zero-order valence-electron chi connectivity index (χ0n) is 12.2. The third-order valence-electron chi connectivity index (χ3n) is 3.47. The van der Waals surface area contributed by atoms with Gasteiger partial charge in [-0.1, -0.05) is 30.3 Å². The first-order valence-corrected chi connectivity index (χ1v) is 6.79. The summed E-state index contributed by atoms with van der Waals surface area (Å²) in [6.07, 6.45) is 0. The van der Waals surface area contributed by atoms with Crippen LogP contribution in [0.4, 0.5) is 10.1 Å². The number of nitrogens with zero attached hydrogens (tertiary/aromatic N) is 1. The second-order valence-electron chi connectivity index (χ2n) is 5.29. The van der Waals surface area contributed by atoms with Gasteiger partial charge in [-0.3, -0.25) is 0 Å². The van der Waals surface area contributed by atoms with Gasteiger partial charge in [0.1, 0.15) is 5.82 Å². The molecule has 0 bridgehead atoms. The van der Waals surface area contributed by atoms with Gasteiger partial charge in [-0.15, -0.1) is 0 Å². The molecule has 0 aliphatic carbocycles. The van der Waals surface area contributed by atoms with E-state index < -0.39 is 0 Å². The van der Waals surface area contributed by atoms with E-state index in [4.69, 9.17) is 5.73 Å². The van der Waals surface area contributed by atoms with Gasteiger partial charge in [0.2, 0.25) is 0 Å². The van der Waals surface area contributed by atoms with Crippen molar-refractivity contribution < 1.29 is 4.39 Å². The molecule has 0 aliphatic heterocycles. The molecule has 2 rings (SSSR count). The molecule has 2 N–H and O–H groups in total. The Kier molecular flexibility index (Phi) is 4.40. The van der Waals surface area contributed by atoms with Gasteiger partial charge in [-0.2, -0.15) is 0 Å². The van der Waals surface area contributed by atoms with Crippen molar-refractivity contribution in [3.05, 3.63) is 65.0 Å². The van der Waals surface area contributed by atoms with Crippen molar-refractivity contribution in [3.8, 4) is 0 Å². The van der Waals surface area contributed by atoms with Crippen LogP contribution in [-0.4, -0.2) is 7.05 Å². The summed E-state index contributed by atoms with van der Waals surface area (Å²) in [5.74, 6) is -0.200. The minimum Gasteiger partial charge on any atom is -0.370 e. The summed E-state index contributed by atoms with van der Waals surface area (Å²) >= 11 is 0. The van der Waals surface area contributed by atoms with E-state index in [1.54, 1.807) is 13.0 Å². The maximum absolute atomic E-state index is 13.7. The van der Waals surface area contributed by atoms with E-state index in [1.165, 1.54) is 5.56 Å². The molecule has 0 radical (unpaired) electrons. The van der Waals surface area contributed by atoms with Gasteiger partial charge in [0.15, 0.2) is 0 Å². The van der Waals surface area contributed by atoms with Crippen molar-refractivity contribution in [3.63, 3.8) is 0 Å². The van der Waals surface area contributed by atoms with Crippen molar-refractivity contribution in [2.45, 2.75) is 26.4 Å². The molecular weight excluding hydrogens is 251 g/mol. The summed E-state index contributed by atoms with van der Waals surface area (Å²) in [7, 11) is 2.01. The third-order valence-corrected chi connectivity index (χ3v) is 3.47. The van der Waals surface area contributed by atoms with Gasteiger partial charge < -0.3 is 10.6 Å². The molecule has 3 heteroatoms. The molecule has 0 saturated heterocycles. The van der Waals surface area contributed by atoms with Crippen molar-refractivity contribution in [1.82, 2.24) is 0 Å². The van der Waals surface area contributed by atoms with Crippen LogP contribution in [0.25, 0.3) is 0 Å². The quantitative estimate of drug-likeness (QED) is 0.917. The summed E-state index contributed by atoms with van der Waals surface area (Å²) in [5, 5.41) is 0. The molecule has 2 nitrogen and oxygen atoms in total. The SMILES string of the molecule is Cc1cc(N(C)Cc2ccccc2)c([C@@H](C)N)cc1F. The first-order chi connectivity index (χ1) is 9.49. The average Bonchev–Trinajstić information content (AvgIpc) is 2.42. The molecule has 0 aliphatic rings.